The second kappa shape index (κ2) is 5.59. The highest BCUT2D eigenvalue weighted by molar-refractivity contribution is 5.86. The first-order valence-electron chi connectivity index (χ1n) is 10.0. The molecule has 5 atom stereocenters. The van der Waals surface area contributed by atoms with Gasteiger partial charge in [-0.15, -0.1) is 0 Å². The molecule has 0 bridgehead atoms. The summed E-state index contributed by atoms with van der Waals surface area (Å²) in [5.41, 5.74) is 0.628. The van der Waals surface area contributed by atoms with Crippen LogP contribution in [-0.4, -0.2) is 5.11 Å². The van der Waals surface area contributed by atoms with E-state index in [1.165, 1.54) is 67.7 Å². The van der Waals surface area contributed by atoms with Crippen molar-refractivity contribution in [2.24, 2.45) is 23.7 Å². The molecule has 3 aliphatic carbocycles. The lowest BCUT2D eigenvalue weighted by Crippen LogP contribution is -2.40. The molecule has 0 amide bonds. The highest BCUT2D eigenvalue weighted by Crippen LogP contribution is 2.63. The number of benzene rings is 2. The molecule has 1 nitrogen and oxygen atoms in total. The third-order valence-corrected chi connectivity index (χ3v) is 7.54. The van der Waals surface area contributed by atoms with Crippen LogP contribution in [0.4, 0.5) is 0 Å². The van der Waals surface area contributed by atoms with Gasteiger partial charge < -0.3 is 5.11 Å². The van der Waals surface area contributed by atoms with Gasteiger partial charge in [0, 0.05) is 0 Å². The zero-order valence-corrected chi connectivity index (χ0v) is 14.5. The second-order valence-corrected chi connectivity index (χ2v) is 8.46. The van der Waals surface area contributed by atoms with Crippen molar-refractivity contribution in [2.75, 3.05) is 0 Å². The molecule has 3 fully saturated rings. The Kier molecular flexibility index (Phi) is 3.49. The summed E-state index contributed by atoms with van der Waals surface area (Å²) in [6.45, 7) is 0. The largest absolute Gasteiger partial charge is 0.385 e. The van der Waals surface area contributed by atoms with Crippen LogP contribution >= 0.6 is 0 Å². The predicted molar refractivity (Wildman–Crippen MR) is 98.7 cm³/mol. The average molecular weight is 320 g/mol. The smallest absolute Gasteiger partial charge is 0.0964 e. The van der Waals surface area contributed by atoms with Crippen molar-refractivity contribution >= 4 is 10.8 Å². The number of rotatable bonds is 1. The van der Waals surface area contributed by atoms with Crippen LogP contribution in [0.2, 0.25) is 0 Å². The minimum atomic E-state index is -0.600. The quantitative estimate of drug-likeness (QED) is 0.719. The molecule has 1 N–H and O–H groups in total. The summed E-state index contributed by atoms with van der Waals surface area (Å²) in [5.74, 6) is 2.47. The minimum Gasteiger partial charge on any atom is -0.385 e. The predicted octanol–water partition coefficient (Wildman–Crippen LogP) is 5.65. The van der Waals surface area contributed by atoms with Crippen LogP contribution in [0.15, 0.2) is 42.5 Å². The fourth-order valence-electron chi connectivity index (χ4n) is 6.69. The molecule has 24 heavy (non-hydrogen) atoms. The monoisotopic (exact) mass is 320 g/mol. The van der Waals surface area contributed by atoms with Gasteiger partial charge in [0.05, 0.1) is 5.60 Å². The van der Waals surface area contributed by atoms with Gasteiger partial charge in [0.15, 0.2) is 0 Å². The molecule has 0 heterocycles. The van der Waals surface area contributed by atoms with Crippen molar-refractivity contribution in [1.82, 2.24) is 0 Å². The Morgan fingerprint density at radius 3 is 2.00 bits per heavy atom. The molecule has 5 rings (SSSR count). The summed E-state index contributed by atoms with van der Waals surface area (Å²) >= 11 is 0. The maximum atomic E-state index is 12.3. The summed E-state index contributed by atoms with van der Waals surface area (Å²) in [6.07, 6.45) is 10.5. The van der Waals surface area contributed by atoms with Gasteiger partial charge in [-0.2, -0.15) is 0 Å². The maximum absolute atomic E-state index is 12.3. The number of hydrogen-bond acceptors (Lipinski definition) is 1. The zero-order valence-electron chi connectivity index (χ0n) is 14.5. The van der Waals surface area contributed by atoms with Crippen molar-refractivity contribution < 1.29 is 5.11 Å². The maximum Gasteiger partial charge on any atom is 0.0964 e. The Labute approximate surface area is 145 Å². The van der Waals surface area contributed by atoms with E-state index in [0.29, 0.717) is 11.8 Å². The van der Waals surface area contributed by atoms with Gasteiger partial charge in [-0.05, 0) is 65.7 Å². The number of hydrogen-bond donors (Lipinski definition) is 1. The molecule has 0 saturated heterocycles. The number of fused-ring (bicyclic) bond motifs is 4. The van der Waals surface area contributed by atoms with Crippen molar-refractivity contribution in [3.8, 4) is 0 Å². The number of aliphatic hydroxyl groups is 1. The molecule has 1 unspecified atom stereocenters. The van der Waals surface area contributed by atoms with Crippen molar-refractivity contribution in [1.29, 1.82) is 0 Å². The summed E-state index contributed by atoms with van der Waals surface area (Å²) < 4.78 is 0. The first-order valence-corrected chi connectivity index (χ1v) is 10.0. The van der Waals surface area contributed by atoms with Gasteiger partial charge in [0.25, 0.3) is 0 Å². The third kappa shape index (κ3) is 1.97. The SMILES string of the molecule is OC1(c2cccc3ccccc23)[C@@H]2CCCC[C@@H]2[C@@H]2CCCC[C@@H]21. The van der Waals surface area contributed by atoms with Crippen LogP contribution in [0.3, 0.4) is 0 Å². The Bertz CT molecular complexity index is 721. The Hall–Kier alpha value is -1.34. The van der Waals surface area contributed by atoms with Gasteiger partial charge in [-0.1, -0.05) is 68.1 Å². The van der Waals surface area contributed by atoms with Crippen molar-refractivity contribution in [3.63, 3.8) is 0 Å². The van der Waals surface area contributed by atoms with E-state index in [2.05, 4.69) is 42.5 Å². The van der Waals surface area contributed by atoms with Gasteiger partial charge in [-0.25, -0.2) is 0 Å². The molecule has 1 heteroatoms. The van der Waals surface area contributed by atoms with E-state index < -0.39 is 5.60 Å². The van der Waals surface area contributed by atoms with E-state index in [1.807, 2.05) is 0 Å². The molecule has 0 aliphatic heterocycles. The highest BCUT2D eigenvalue weighted by atomic mass is 16.3. The average Bonchev–Trinajstić information content (AvgIpc) is 2.92. The van der Waals surface area contributed by atoms with Crippen LogP contribution in [0.1, 0.15) is 56.9 Å². The Balaban J connectivity index is 1.71. The summed E-state index contributed by atoms with van der Waals surface area (Å²) in [4.78, 5) is 0. The molecular formula is C23H28O. The van der Waals surface area contributed by atoms with E-state index in [4.69, 9.17) is 0 Å². The molecule has 0 aromatic heterocycles. The lowest BCUT2D eigenvalue weighted by molar-refractivity contribution is -0.0638. The summed E-state index contributed by atoms with van der Waals surface area (Å²) in [7, 11) is 0. The molecule has 126 valence electrons. The fourth-order valence-corrected chi connectivity index (χ4v) is 6.69. The second-order valence-electron chi connectivity index (χ2n) is 8.46. The van der Waals surface area contributed by atoms with Crippen LogP contribution in [-0.2, 0) is 5.60 Å². The van der Waals surface area contributed by atoms with E-state index in [0.717, 1.165) is 11.8 Å². The van der Waals surface area contributed by atoms with E-state index in [1.54, 1.807) is 0 Å². The van der Waals surface area contributed by atoms with Gasteiger partial charge >= 0.3 is 0 Å². The van der Waals surface area contributed by atoms with Crippen LogP contribution in [0, 0.1) is 23.7 Å². The zero-order chi connectivity index (χ0) is 16.1. The lowest BCUT2D eigenvalue weighted by atomic mass is 9.69. The van der Waals surface area contributed by atoms with Crippen molar-refractivity contribution in [2.45, 2.75) is 57.0 Å². The first kappa shape index (κ1) is 15.0. The fraction of sp³-hybridized carbons (Fsp3) is 0.565. The first-order chi connectivity index (χ1) is 11.8. The molecular weight excluding hydrogens is 292 g/mol. The van der Waals surface area contributed by atoms with Crippen LogP contribution in [0.25, 0.3) is 10.8 Å². The van der Waals surface area contributed by atoms with Gasteiger partial charge in [0.1, 0.15) is 0 Å². The topological polar surface area (TPSA) is 20.2 Å². The molecule has 3 aliphatic rings. The molecule has 0 spiro atoms. The van der Waals surface area contributed by atoms with Crippen molar-refractivity contribution in [3.05, 3.63) is 48.0 Å². The van der Waals surface area contributed by atoms with Gasteiger partial charge in [0.2, 0.25) is 0 Å². The minimum absolute atomic E-state index is 0.477. The third-order valence-electron chi connectivity index (χ3n) is 7.54. The normalized spacial score (nSPS) is 38.7. The van der Waals surface area contributed by atoms with E-state index in [-0.39, 0.29) is 0 Å². The summed E-state index contributed by atoms with van der Waals surface area (Å²) in [5, 5.41) is 14.8. The molecule has 3 saturated carbocycles. The van der Waals surface area contributed by atoms with Crippen LogP contribution < -0.4 is 0 Å². The highest BCUT2D eigenvalue weighted by Gasteiger charge is 2.60. The Morgan fingerprint density at radius 1 is 0.708 bits per heavy atom. The summed E-state index contributed by atoms with van der Waals surface area (Å²) in [6, 6.07) is 15.2. The lowest BCUT2D eigenvalue weighted by Gasteiger charge is -2.40. The molecule has 2 aromatic carbocycles. The standard InChI is InChI=1S/C23H28O/c24-23(20-15-7-9-16-8-1-2-10-17(16)20)21-13-5-3-11-18(21)19-12-4-6-14-22(19)23/h1-2,7-10,15,18-19,21-22,24H,3-6,11-14H2/t18-,19+,21-,22+,23?. The van der Waals surface area contributed by atoms with E-state index in [9.17, 15) is 5.11 Å². The molecule has 2 aromatic rings. The van der Waals surface area contributed by atoms with Gasteiger partial charge in [-0.3, -0.25) is 0 Å². The molecule has 0 radical (unpaired) electrons. The Morgan fingerprint density at radius 2 is 1.29 bits per heavy atom. The van der Waals surface area contributed by atoms with Crippen LogP contribution in [0.5, 0.6) is 0 Å². The van der Waals surface area contributed by atoms with E-state index >= 15 is 0 Å².